The molecule has 2 aliphatic heterocycles. The molecular formula is C21H22F3N6O4PS. The van der Waals surface area contributed by atoms with Crippen LogP contribution < -0.4 is 10.2 Å². The predicted molar refractivity (Wildman–Crippen MR) is 128 cm³/mol. The molecule has 36 heavy (non-hydrogen) atoms. The van der Waals surface area contributed by atoms with Crippen LogP contribution in [0.4, 0.5) is 19.0 Å². The van der Waals surface area contributed by atoms with Crippen LogP contribution in [0.5, 0.6) is 0 Å². The van der Waals surface area contributed by atoms with E-state index in [1.807, 2.05) is 19.4 Å². The van der Waals surface area contributed by atoms with Crippen molar-refractivity contribution in [2.45, 2.75) is 36.8 Å². The van der Waals surface area contributed by atoms with Crippen molar-refractivity contribution in [3.63, 3.8) is 0 Å². The summed E-state index contributed by atoms with van der Waals surface area (Å²) < 4.78 is 72.2. The zero-order valence-corrected chi connectivity index (χ0v) is 21.2. The van der Waals surface area contributed by atoms with Gasteiger partial charge in [-0.2, -0.15) is 17.9 Å². The molecule has 2 atom stereocenters. The van der Waals surface area contributed by atoms with Gasteiger partial charge in [0.2, 0.25) is 21.2 Å². The highest BCUT2D eigenvalue weighted by Gasteiger charge is 2.49. The predicted octanol–water partition coefficient (Wildman–Crippen LogP) is 3.01. The molecule has 0 radical (unpaired) electrons. The highest BCUT2D eigenvalue weighted by Crippen LogP contribution is 2.44. The second-order valence-electron chi connectivity index (χ2n) is 8.85. The van der Waals surface area contributed by atoms with Crippen LogP contribution in [0, 0.1) is 5.21 Å². The van der Waals surface area contributed by atoms with Crippen molar-refractivity contribution in [2.75, 3.05) is 26.2 Å². The molecule has 3 aromatic rings. The van der Waals surface area contributed by atoms with Gasteiger partial charge in [-0.3, -0.25) is 0 Å². The Morgan fingerprint density at radius 2 is 2.00 bits per heavy atom. The highest BCUT2D eigenvalue weighted by atomic mass is 32.2. The summed E-state index contributed by atoms with van der Waals surface area (Å²) in [5.41, 5.74) is -1.25. The number of fused-ring (bicyclic) bond motifs is 3. The lowest BCUT2D eigenvalue weighted by Crippen LogP contribution is -2.49. The Labute approximate surface area is 205 Å². The maximum absolute atomic E-state index is 14.3. The second-order valence-corrected chi connectivity index (χ2v) is 13.0. The van der Waals surface area contributed by atoms with Crippen LogP contribution in [-0.2, 0) is 20.8 Å². The average Bonchev–Trinajstić information content (AvgIpc) is 3.34. The van der Waals surface area contributed by atoms with E-state index in [0.29, 0.717) is 31.2 Å². The number of nitrogens with zero attached hydrogens (tertiary/aromatic N) is 6. The van der Waals surface area contributed by atoms with Crippen LogP contribution in [-0.4, -0.2) is 66.1 Å². The molecule has 3 aromatic heterocycles. The summed E-state index contributed by atoms with van der Waals surface area (Å²) >= 11 is 0. The Bertz CT molecular complexity index is 1500. The van der Waals surface area contributed by atoms with Crippen LogP contribution in [0.15, 0.2) is 34.7 Å². The van der Waals surface area contributed by atoms with Crippen LogP contribution in [0.25, 0.3) is 5.52 Å². The van der Waals surface area contributed by atoms with Crippen molar-refractivity contribution in [3.05, 3.63) is 46.4 Å². The van der Waals surface area contributed by atoms with Crippen molar-refractivity contribution in [1.29, 1.82) is 0 Å². The standard InChI is InChI=1S/C21H22F3N6O4PS/c1-35(2)14-8-6-7-13-16-18(17-12(21(22,23)24)11-25-20(26-17)36(3,32)33)28-30(31,19(16)27-29(13)14)15-9-4-5-10-34-15/h6-8,11,15H,4-5,9-10H2,1-3H3. The van der Waals surface area contributed by atoms with E-state index in [2.05, 4.69) is 20.2 Å². The SMILES string of the molecule is CP(C)c1cccc2c3c(nn12)[N+]([O-])(C1CCCCO1)N=C3c1nc(S(C)(=O)=O)ncc1C(F)(F)F. The number of ether oxygens (including phenoxy) is 1. The van der Waals surface area contributed by atoms with Crippen molar-refractivity contribution in [2.24, 2.45) is 5.10 Å². The first-order valence-electron chi connectivity index (χ1n) is 11.0. The third-order valence-electron chi connectivity index (χ3n) is 6.04. The van der Waals surface area contributed by atoms with Crippen molar-refractivity contribution < 1.29 is 26.3 Å². The van der Waals surface area contributed by atoms with Crippen molar-refractivity contribution in [1.82, 2.24) is 24.3 Å². The fraction of sp³-hybridized carbons (Fsp3) is 0.429. The van der Waals surface area contributed by atoms with E-state index in [1.54, 1.807) is 16.6 Å². The van der Waals surface area contributed by atoms with Crippen LogP contribution >= 0.6 is 7.92 Å². The van der Waals surface area contributed by atoms with Gasteiger partial charge in [-0.05, 0) is 38.3 Å². The van der Waals surface area contributed by atoms with Crippen molar-refractivity contribution in [3.8, 4) is 0 Å². The number of hydrogen-bond donors (Lipinski definition) is 0. The summed E-state index contributed by atoms with van der Waals surface area (Å²) in [6.45, 7) is 4.28. The van der Waals surface area contributed by atoms with Gasteiger partial charge in [0, 0.05) is 18.9 Å². The second kappa shape index (κ2) is 8.52. The minimum absolute atomic E-state index is 0.0709. The Hall–Kier alpha value is -2.51. The molecule has 192 valence electrons. The largest absolute Gasteiger partial charge is 0.596 e. The highest BCUT2D eigenvalue weighted by molar-refractivity contribution is 7.90. The molecule has 10 nitrogen and oxygen atoms in total. The van der Waals surface area contributed by atoms with Gasteiger partial charge in [-0.25, -0.2) is 22.9 Å². The number of halogens is 3. The number of pyridine rings is 1. The number of quaternary nitrogens is 1. The van der Waals surface area contributed by atoms with E-state index >= 15 is 0 Å². The van der Waals surface area contributed by atoms with E-state index < -0.39 is 57.0 Å². The molecule has 5 heterocycles. The zero-order chi connectivity index (χ0) is 26.0. The first kappa shape index (κ1) is 25.2. The molecule has 0 N–H and O–H groups in total. The Morgan fingerprint density at radius 1 is 1.25 bits per heavy atom. The average molecular weight is 542 g/mol. The molecule has 0 spiro atoms. The Morgan fingerprint density at radius 3 is 2.61 bits per heavy atom. The van der Waals surface area contributed by atoms with Gasteiger partial charge < -0.3 is 9.94 Å². The van der Waals surface area contributed by atoms with E-state index in [1.165, 1.54) is 0 Å². The lowest BCUT2D eigenvalue weighted by Gasteiger charge is -2.39. The monoisotopic (exact) mass is 542 g/mol. The molecule has 15 heteroatoms. The first-order valence-corrected chi connectivity index (χ1v) is 15.1. The molecule has 0 bridgehead atoms. The molecular weight excluding hydrogens is 520 g/mol. The number of alkyl halides is 3. The molecule has 2 unspecified atom stereocenters. The van der Waals surface area contributed by atoms with Crippen LogP contribution in [0.3, 0.4) is 0 Å². The summed E-state index contributed by atoms with van der Waals surface area (Å²) in [5.74, 6) is -0.117. The van der Waals surface area contributed by atoms with Gasteiger partial charge in [-0.15, -0.1) is 5.10 Å². The lowest BCUT2D eigenvalue weighted by molar-refractivity contribution is -0.138. The van der Waals surface area contributed by atoms with E-state index in [9.17, 15) is 26.8 Å². The minimum Gasteiger partial charge on any atom is -0.596 e. The molecule has 0 saturated carbocycles. The number of hydroxylamine groups is 1. The normalized spacial score (nSPS) is 22.8. The smallest absolute Gasteiger partial charge is 0.420 e. The fourth-order valence-electron chi connectivity index (χ4n) is 4.38. The van der Waals surface area contributed by atoms with E-state index in [-0.39, 0.29) is 11.4 Å². The summed E-state index contributed by atoms with van der Waals surface area (Å²) in [6.07, 6.45) is -3.00. The molecule has 5 rings (SSSR count). The van der Waals surface area contributed by atoms with E-state index in [0.717, 1.165) is 18.1 Å². The lowest BCUT2D eigenvalue weighted by atomic mass is 10.0. The van der Waals surface area contributed by atoms with Gasteiger partial charge in [0.05, 0.1) is 17.6 Å². The number of aromatic nitrogens is 4. The minimum atomic E-state index is -4.94. The fourth-order valence-corrected chi connectivity index (χ4v) is 5.79. The first-order chi connectivity index (χ1) is 16.8. The molecule has 0 amide bonds. The third-order valence-corrected chi connectivity index (χ3v) is 8.15. The molecule has 2 aliphatic rings. The summed E-state index contributed by atoms with van der Waals surface area (Å²) in [6, 6.07) is 5.20. The molecule has 1 saturated heterocycles. The summed E-state index contributed by atoms with van der Waals surface area (Å²) in [7, 11) is -4.76. The van der Waals surface area contributed by atoms with Gasteiger partial charge in [-0.1, -0.05) is 19.1 Å². The van der Waals surface area contributed by atoms with Gasteiger partial charge in [0.25, 0.3) is 5.82 Å². The Kier molecular flexibility index (Phi) is 5.95. The van der Waals surface area contributed by atoms with Crippen LogP contribution in [0.1, 0.15) is 36.1 Å². The van der Waals surface area contributed by atoms with Crippen molar-refractivity contribution >= 4 is 40.2 Å². The zero-order valence-electron chi connectivity index (χ0n) is 19.5. The van der Waals surface area contributed by atoms with Gasteiger partial charge >= 0.3 is 6.18 Å². The van der Waals surface area contributed by atoms with Gasteiger partial charge in [0.1, 0.15) is 16.8 Å². The molecule has 0 aromatic carbocycles. The number of sulfone groups is 1. The maximum atomic E-state index is 14.3. The maximum Gasteiger partial charge on any atom is 0.420 e. The Balaban J connectivity index is 1.86. The van der Waals surface area contributed by atoms with Crippen LogP contribution in [0.2, 0.25) is 0 Å². The molecule has 0 aliphatic carbocycles. The van der Waals surface area contributed by atoms with E-state index in [4.69, 9.17) is 4.74 Å². The quantitative estimate of drug-likeness (QED) is 0.215. The summed E-state index contributed by atoms with van der Waals surface area (Å²) in [5, 5.41) is 22.2. The topological polar surface area (TPSA) is 122 Å². The number of hydrogen-bond acceptors (Lipinski definition) is 8. The summed E-state index contributed by atoms with van der Waals surface area (Å²) in [4.78, 5) is 7.19. The third kappa shape index (κ3) is 4.01. The molecule has 1 fully saturated rings. The number of rotatable bonds is 4. The van der Waals surface area contributed by atoms with Gasteiger partial charge in [0.15, 0.2) is 5.71 Å².